The van der Waals surface area contributed by atoms with Crippen molar-refractivity contribution in [2.45, 2.75) is 55.9 Å². The number of halogens is 4. The SMILES string of the molecule is Fc1ccc2cccc(-c3ncc4c(N5CC6CCC(C5)N6)nc(OCC56CCCN5C[C@H](F)C6)nc4c3F)c2c1F. The van der Waals surface area contributed by atoms with Gasteiger partial charge in [-0.05, 0) is 43.7 Å². The number of nitrogens with one attached hydrogen (secondary N) is 1. The van der Waals surface area contributed by atoms with Crippen LogP contribution < -0.4 is 15.0 Å². The highest BCUT2D eigenvalue weighted by molar-refractivity contribution is 5.99. The highest BCUT2D eigenvalue weighted by atomic mass is 19.2. The molecule has 0 amide bonds. The van der Waals surface area contributed by atoms with Crippen LogP contribution in [-0.2, 0) is 0 Å². The van der Waals surface area contributed by atoms with E-state index in [4.69, 9.17) is 9.72 Å². The molecule has 218 valence electrons. The number of pyridine rings is 1. The molecular weight excluding hydrogens is 548 g/mol. The van der Waals surface area contributed by atoms with Crippen LogP contribution in [0.5, 0.6) is 6.01 Å². The number of rotatable bonds is 5. The van der Waals surface area contributed by atoms with E-state index in [1.807, 2.05) is 0 Å². The Morgan fingerprint density at radius 2 is 1.83 bits per heavy atom. The van der Waals surface area contributed by atoms with Crippen molar-refractivity contribution in [1.82, 2.24) is 25.2 Å². The monoisotopic (exact) mass is 578 g/mol. The summed E-state index contributed by atoms with van der Waals surface area (Å²) in [4.78, 5) is 18.0. The number of anilines is 1. The average Bonchev–Trinajstić information content (AvgIpc) is 3.64. The van der Waals surface area contributed by atoms with Gasteiger partial charge in [-0.1, -0.05) is 24.3 Å². The maximum atomic E-state index is 16.5. The second-order valence-corrected chi connectivity index (χ2v) is 12.2. The van der Waals surface area contributed by atoms with Gasteiger partial charge in [-0.2, -0.15) is 9.97 Å². The van der Waals surface area contributed by atoms with Crippen molar-refractivity contribution in [3.8, 4) is 17.3 Å². The summed E-state index contributed by atoms with van der Waals surface area (Å²) in [5, 5.41) is 4.40. The van der Waals surface area contributed by atoms with Crippen LogP contribution in [0, 0.1) is 17.5 Å². The largest absolute Gasteiger partial charge is 0.461 e. The summed E-state index contributed by atoms with van der Waals surface area (Å²) in [6.45, 7) is 2.81. The molecule has 2 aromatic heterocycles. The lowest BCUT2D eigenvalue weighted by Gasteiger charge is -2.34. The van der Waals surface area contributed by atoms with Gasteiger partial charge < -0.3 is 15.0 Å². The van der Waals surface area contributed by atoms with E-state index in [9.17, 15) is 8.78 Å². The molecule has 4 atom stereocenters. The molecular formula is C31H30F4N6O. The van der Waals surface area contributed by atoms with Crippen molar-refractivity contribution in [2.75, 3.05) is 37.7 Å². The number of aromatic nitrogens is 3. The van der Waals surface area contributed by atoms with Crippen LogP contribution >= 0.6 is 0 Å². The van der Waals surface area contributed by atoms with Gasteiger partial charge in [0.05, 0.1) is 10.9 Å². The molecule has 4 fully saturated rings. The topological polar surface area (TPSA) is 66.4 Å². The van der Waals surface area contributed by atoms with Gasteiger partial charge in [0.1, 0.15) is 29.8 Å². The zero-order valence-corrected chi connectivity index (χ0v) is 22.9. The maximum absolute atomic E-state index is 16.5. The number of hydrogen-bond acceptors (Lipinski definition) is 7. The van der Waals surface area contributed by atoms with Crippen molar-refractivity contribution >= 4 is 27.5 Å². The smallest absolute Gasteiger partial charge is 0.319 e. The molecule has 4 aromatic rings. The van der Waals surface area contributed by atoms with E-state index < -0.39 is 29.2 Å². The normalized spacial score (nSPS) is 27.3. The summed E-state index contributed by atoms with van der Waals surface area (Å²) >= 11 is 0. The fraction of sp³-hybridized carbons (Fsp3) is 0.452. The minimum absolute atomic E-state index is 0.00439. The number of piperazine rings is 1. The van der Waals surface area contributed by atoms with Crippen LogP contribution in [0.2, 0.25) is 0 Å². The summed E-state index contributed by atoms with van der Waals surface area (Å²) < 4.78 is 66.3. The lowest BCUT2D eigenvalue weighted by molar-refractivity contribution is 0.107. The molecule has 4 aliphatic heterocycles. The molecule has 4 saturated heterocycles. The van der Waals surface area contributed by atoms with Crippen molar-refractivity contribution in [2.24, 2.45) is 0 Å². The van der Waals surface area contributed by atoms with Crippen molar-refractivity contribution in [3.05, 3.63) is 54.0 Å². The second-order valence-electron chi connectivity index (χ2n) is 12.2. The first kappa shape index (κ1) is 26.1. The Hall–Kier alpha value is -3.57. The molecule has 2 aromatic carbocycles. The lowest BCUT2D eigenvalue weighted by atomic mass is 9.95. The molecule has 7 nitrogen and oxygen atoms in total. The van der Waals surface area contributed by atoms with Gasteiger partial charge in [-0.3, -0.25) is 9.88 Å². The lowest BCUT2D eigenvalue weighted by Crippen LogP contribution is -2.51. The summed E-state index contributed by atoms with van der Waals surface area (Å²) in [6, 6.07) is 7.94. The number of nitrogens with zero attached hydrogens (tertiary/aromatic N) is 5. The van der Waals surface area contributed by atoms with Crippen LogP contribution in [0.1, 0.15) is 32.1 Å². The van der Waals surface area contributed by atoms with Gasteiger partial charge in [0.25, 0.3) is 0 Å². The fourth-order valence-corrected chi connectivity index (χ4v) is 7.64. The van der Waals surface area contributed by atoms with E-state index in [1.54, 1.807) is 12.1 Å². The standard InChI is InChI=1S/C31H30F4N6O/c32-18-11-31(9-2-10-41(31)13-18)16-42-30-38-28-22(29(39-30)40-14-19-6-7-20(15-40)37-19)12-36-27(26(28)35)21-4-1-3-17-5-8-23(33)25(34)24(17)21/h1,3-5,8,12,18-20,37H,2,6-7,9-11,13-16H2/t18-,19?,20?,31?/m1/s1. The highest BCUT2D eigenvalue weighted by Gasteiger charge is 2.49. The maximum Gasteiger partial charge on any atom is 0.319 e. The van der Waals surface area contributed by atoms with Crippen LogP contribution in [0.3, 0.4) is 0 Å². The Labute approximate surface area is 239 Å². The second kappa shape index (κ2) is 9.74. The Kier molecular flexibility index (Phi) is 6.05. The van der Waals surface area contributed by atoms with Crippen LogP contribution in [0.4, 0.5) is 23.4 Å². The summed E-state index contributed by atoms with van der Waals surface area (Å²) in [6.07, 6.45) is 4.88. The molecule has 0 spiro atoms. The molecule has 3 unspecified atom stereocenters. The number of alkyl halides is 1. The number of fused-ring (bicyclic) bond motifs is 5. The Morgan fingerprint density at radius 3 is 2.67 bits per heavy atom. The van der Waals surface area contributed by atoms with Gasteiger partial charge >= 0.3 is 6.01 Å². The molecule has 0 aliphatic carbocycles. The first-order valence-corrected chi connectivity index (χ1v) is 14.6. The van der Waals surface area contributed by atoms with Gasteiger partial charge in [-0.15, -0.1) is 0 Å². The summed E-state index contributed by atoms with van der Waals surface area (Å²) in [7, 11) is 0. The molecule has 6 heterocycles. The average molecular weight is 579 g/mol. The molecule has 11 heteroatoms. The van der Waals surface area contributed by atoms with Crippen LogP contribution in [0.25, 0.3) is 32.9 Å². The van der Waals surface area contributed by atoms with Gasteiger partial charge in [0, 0.05) is 55.3 Å². The highest BCUT2D eigenvalue weighted by Crippen LogP contribution is 2.41. The van der Waals surface area contributed by atoms with E-state index in [0.29, 0.717) is 54.7 Å². The predicted molar refractivity (Wildman–Crippen MR) is 151 cm³/mol. The van der Waals surface area contributed by atoms with Crippen LogP contribution in [0.15, 0.2) is 36.5 Å². The molecule has 42 heavy (non-hydrogen) atoms. The first-order valence-electron chi connectivity index (χ1n) is 14.6. The number of ether oxygens (including phenoxy) is 1. The molecule has 1 N–H and O–H groups in total. The third-order valence-corrected chi connectivity index (χ3v) is 9.58. The minimum Gasteiger partial charge on any atom is -0.461 e. The summed E-state index contributed by atoms with van der Waals surface area (Å²) in [5.74, 6) is -2.32. The van der Waals surface area contributed by atoms with Crippen LogP contribution in [-0.4, -0.2) is 76.4 Å². The van der Waals surface area contributed by atoms with Crippen molar-refractivity contribution in [1.29, 1.82) is 0 Å². The zero-order valence-electron chi connectivity index (χ0n) is 22.9. The molecule has 2 bridgehead atoms. The van der Waals surface area contributed by atoms with E-state index in [2.05, 4.69) is 25.1 Å². The first-order chi connectivity index (χ1) is 20.4. The Morgan fingerprint density at radius 1 is 1.00 bits per heavy atom. The molecule has 0 saturated carbocycles. The zero-order chi connectivity index (χ0) is 28.6. The number of benzene rings is 2. The molecule has 8 rings (SSSR count). The molecule has 0 radical (unpaired) electrons. The van der Waals surface area contributed by atoms with Gasteiger partial charge in [0.2, 0.25) is 0 Å². The van der Waals surface area contributed by atoms with Crippen molar-refractivity contribution < 1.29 is 22.3 Å². The van der Waals surface area contributed by atoms with E-state index in [1.165, 1.54) is 18.3 Å². The minimum atomic E-state index is -1.06. The van der Waals surface area contributed by atoms with E-state index >= 15 is 8.78 Å². The Bertz CT molecular complexity index is 1710. The van der Waals surface area contributed by atoms with E-state index in [0.717, 1.165) is 38.3 Å². The van der Waals surface area contributed by atoms with Gasteiger partial charge in [-0.25, -0.2) is 17.6 Å². The Balaban J connectivity index is 1.25. The van der Waals surface area contributed by atoms with E-state index in [-0.39, 0.29) is 34.8 Å². The third kappa shape index (κ3) is 4.11. The summed E-state index contributed by atoms with van der Waals surface area (Å²) in [5.41, 5.74) is -0.425. The molecule has 4 aliphatic rings. The fourth-order valence-electron chi connectivity index (χ4n) is 7.64. The third-order valence-electron chi connectivity index (χ3n) is 9.58. The number of hydrogen-bond donors (Lipinski definition) is 1. The van der Waals surface area contributed by atoms with Gasteiger partial charge in [0.15, 0.2) is 17.5 Å². The quantitative estimate of drug-likeness (QED) is 0.329. The van der Waals surface area contributed by atoms with Crippen molar-refractivity contribution in [3.63, 3.8) is 0 Å². The predicted octanol–water partition coefficient (Wildman–Crippen LogP) is 5.16.